The van der Waals surface area contributed by atoms with E-state index in [2.05, 4.69) is 10.2 Å². The first kappa shape index (κ1) is 20.5. The summed E-state index contributed by atoms with van der Waals surface area (Å²) in [6, 6.07) is 12.2. The van der Waals surface area contributed by atoms with Crippen molar-refractivity contribution in [2.75, 3.05) is 37.3 Å². The molecule has 2 aromatic rings. The Morgan fingerprint density at radius 3 is 2.56 bits per heavy atom. The van der Waals surface area contributed by atoms with Crippen LogP contribution in [0.5, 0.6) is 5.75 Å². The largest absolute Gasteiger partial charge is 0.507 e. The van der Waals surface area contributed by atoms with Crippen LogP contribution in [0.25, 0.3) is 0 Å². The van der Waals surface area contributed by atoms with E-state index in [4.69, 9.17) is 11.5 Å². The summed E-state index contributed by atoms with van der Waals surface area (Å²) in [5.41, 5.74) is 13.3. The number of carbonyl (C=O) groups excluding carboxylic acids is 1. The first-order chi connectivity index (χ1) is 12.9. The molecule has 2 aromatic carbocycles. The van der Waals surface area contributed by atoms with Crippen LogP contribution >= 0.6 is 0 Å². The maximum atomic E-state index is 11.3. The molecule has 0 saturated heterocycles. The fourth-order valence-corrected chi connectivity index (χ4v) is 2.77. The minimum atomic E-state index is -0.777. The monoisotopic (exact) mass is 372 g/mol. The van der Waals surface area contributed by atoms with E-state index < -0.39 is 12.0 Å². The van der Waals surface area contributed by atoms with Crippen LogP contribution in [-0.4, -0.2) is 42.8 Å². The lowest BCUT2D eigenvalue weighted by Gasteiger charge is -2.19. The molecular formula is C20H28N4O3. The van der Waals surface area contributed by atoms with Crippen molar-refractivity contribution in [2.45, 2.75) is 18.9 Å². The summed E-state index contributed by atoms with van der Waals surface area (Å²) in [7, 11) is 2.05. The van der Waals surface area contributed by atoms with E-state index in [0.717, 1.165) is 37.3 Å². The van der Waals surface area contributed by atoms with Gasteiger partial charge in [-0.1, -0.05) is 6.07 Å². The van der Waals surface area contributed by atoms with Crippen LogP contribution in [0.15, 0.2) is 42.5 Å². The van der Waals surface area contributed by atoms with Gasteiger partial charge in [0.25, 0.3) is 5.91 Å². The molecule has 0 aliphatic carbocycles. The van der Waals surface area contributed by atoms with Crippen LogP contribution in [0.1, 0.15) is 34.9 Å². The molecule has 7 N–H and O–H groups in total. The third-order valence-corrected chi connectivity index (χ3v) is 4.44. The lowest BCUT2D eigenvalue weighted by atomic mass is 10.0. The van der Waals surface area contributed by atoms with Crippen molar-refractivity contribution in [1.29, 1.82) is 0 Å². The number of hydrogen-bond acceptors (Lipinski definition) is 6. The number of unbranched alkanes of at least 4 members (excludes halogenated alkanes) is 1. The Morgan fingerprint density at radius 2 is 1.89 bits per heavy atom. The normalized spacial score (nSPS) is 11.9. The van der Waals surface area contributed by atoms with Gasteiger partial charge in [-0.25, -0.2) is 0 Å². The van der Waals surface area contributed by atoms with Crippen molar-refractivity contribution in [3.05, 3.63) is 53.6 Å². The van der Waals surface area contributed by atoms with Crippen molar-refractivity contribution < 1.29 is 15.0 Å². The minimum absolute atomic E-state index is 0.0113. The Balaban J connectivity index is 1.68. The zero-order valence-corrected chi connectivity index (χ0v) is 15.6. The summed E-state index contributed by atoms with van der Waals surface area (Å²) in [6.07, 6.45) is 1.20. The molecule has 2 rings (SSSR count). The summed E-state index contributed by atoms with van der Waals surface area (Å²) < 4.78 is 0. The fourth-order valence-electron chi connectivity index (χ4n) is 2.77. The maximum Gasteiger partial charge on any atom is 0.252 e. The number of phenols is 1. The van der Waals surface area contributed by atoms with Gasteiger partial charge in [0.15, 0.2) is 0 Å². The number of nitrogens with two attached hydrogens (primary N) is 2. The van der Waals surface area contributed by atoms with Gasteiger partial charge in [-0.3, -0.25) is 4.79 Å². The maximum absolute atomic E-state index is 11.3. The molecule has 1 unspecified atom stereocenters. The summed E-state index contributed by atoms with van der Waals surface area (Å²) in [5, 5.41) is 23.0. The van der Waals surface area contributed by atoms with Gasteiger partial charge in [-0.15, -0.1) is 0 Å². The number of rotatable bonds is 10. The van der Waals surface area contributed by atoms with E-state index in [0.29, 0.717) is 12.1 Å². The van der Waals surface area contributed by atoms with Gasteiger partial charge < -0.3 is 31.9 Å². The van der Waals surface area contributed by atoms with Crippen molar-refractivity contribution in [3.8, 4) is 5.75 Å². The third-order valence-electron chi connectivity index (χ3n) is 4.44. The molecule has 7 nitrogen and oxygen atoms in total. The van der Waals surface area contributed by atoms with Gasteiger partial charge in [0.1, 0.15) is 5.75 Å². The SMILES string of the molecule is CN(CCCCNCC(O)c1ccc(O)c(C(N)=O)c1)c1ccc(N)cc1. The molecule has 0 aliphatic heterocycles. The van der Waals surface area contributed by atoms with E-state index in [1.165, 1.54) is 12.1 Å². The predicted molar refractivity (Wildman–Crippen MR) is 108 cm³/mol. The second-order valence-electron chi connectivity index (χ2n) is 6.58. The summed E-state index contributed by atoms with van der Waals surface area (Å²) in [4.78, 5) is 13.4. The molecule has 1 amide bonds. The van der Waals surface area contributed by atoms with Crippen LogP contribution in [-0.2, 0) is 0 Å². The highest BCUT2D eigenvalue weighted by Crippen LogP contribution is 2.22. The molecule has 0 aromatic heterocycles. The lowest BCUT2D eigenvalue weighted by Crippen LogP contribution is -2.24. The molecule has 0 radical (unpaired) electrons. The first-order valence-electron chi connectivity index (χ1n) is 8.96. The number of nitrogen functional groups attached to an aromatic ring is 1. The highest BCUT2D eigenvalue weighted by molar-refractivity contribution is 5.95. The lowest BCUT2D eigenvalue weighted by molar-refractivity contribution is 0.0997. The van der Waals surface area contributed by atoms with E-state index >= 15 is 0 Å². The number of aromatic hydroxyl groups is 1. The summed E-state index contributed by atoms with van der Waals surface area (Å²) in [6.45, 7) is 2.05. The number of amides is 1. The Hall–Kier alpha value is -2.77. The number of hydrogen-bond donors (Lipinski definition) is 5. The Bertz CT molecular complexity index is 749. The van der Waals surface area contributed by atoms with E-state index in [-0.39, 0.29) is 11.3 Å². The smallest absolute Gasteiger partial charge is 0.252 e. The van der Waals surface area contributed by atoms with Gasteiger partial charge in [0.05, 0.1) is 11.7 Å². The molecule has 0 fully saturated rings. The average molecular weight is 372 g/mol. The molecule has 27 heavy (non-hydrogen) atoms. The van der Waals surface area contributed by atoms with Crippen LogP contribution in [0.2, 0.25) is 0 Å². The third kappa shape index (κ3) is 6.16. The van der Waals surface area contributed by atoms with Gasteiger partial charge in [-0.05, 0) is 61.3 Å². The zero-order chi connectivity index (χ0) is 19.8. The topological polar surface area (TPSA) is 125 Å². The van der Waals surface area contributed by atoms with Gasteiger partial charge in [0.2, 0.25) is 0 Å². The Labute approximate surface area is 159 Å². The molecule has 7 heteroatoms. The summed E-state index contributed by atoms with van der Waals surface area (Å²) in [5.74, 6) is -0.906. The second kappa shape index (κ2) is 9.80. The molecule has 0 saturated carbocycles. The first-order valence-corrected chi connectivity index (χ1v) is 8.96. The fraction of sp³-hybridized carbons (Fsp3) is 0.350. The number of aliphatic hydroxyl groups is 1. The summed E-state index contributed by atoms with van der Waals surface area (Å²) >= 11 is 0. The molecule has 0 heterocycles. The van der Waals surface area contributed by atoms with Crippen LogP contribution in [0.4, 0.5) is 11.4 Å². The van der Waals surface area contributed by atoms with E-state index in [9.17, 15) is 15.0 Å². The Kier molecular flexibility index (Phi) is 7.45. The molecular weight excluding hydrogens is 344 g/mol. The number of aliphatic hydroxyl groups excluding tert-OH is 1. The molecule has 0 spiro atoms. The quantitative estimate of drug-likeness (QED) is 0.319. The molecule has 0 aliphatic rings. The van der Waals surface area contributed by atoms with Crippen LogP contribution in [0.3, 0.4) is 0 Å². The van der Waals surface area contributed by atoms with Crippen molar-refractivity contribution in [1.82, 2.24) is 5.32 Å². The van der Waals surface area contributed by atoms with Gasteiger partial charge in [-0.2, -0.15) is 0 Å². The molecule has 1 atom stereocenters. The number of anilines is 2. The Morgan fingerprint density at radius 1 is 1.19 bits per heavy atom. The number of nitrogens with one attached hydrogen (secondary N) is 1. The van der Waals surface area contributed by atoms with Crippen molar-refractivity contribution in [2.24, 2.45) is 5.73 Å². The van der Waals surface area contributed by atoms with Crippen molar-refractivity contribution >= 4 is 17.3 Å². The number of carbonyl (C=O) groups is 1. The van der Waals surface area contributed by atoms with Crippen LogP contribution < -0.4 is 21.7 Å². The van der Waals surface area contributed by atoms with Crippen molar-refractivity contribution in [3.63, 3.8) is 0 Å². The van der Waals surface area contributed by atoms with Gasteiger partial charge >= 0.3 is 0 Å². The minimum Gasteiger partial charge on any atom is -0.507 e. The number of nitrogens with zero attached hydrogens (tertiary/aromatic N) is 1. The average Bonchev–Trinajstić information content (AvgIpc) is 2.64. The second-order valence-corrected chi connectivity index (χ2v) is 6.58. The van der Waals surface area contributed by atoms with Gasteiger partial charge in [0, 0.05) is 31.5 Å². The predicted octanol–water partition coefficient (Wildman–Crippen LogP) is 1.61. The zero-order valence-electron chi connectivity index (χ0n) is 15.6. The number of primary amides is 1. The highest BCUT2D eigenvalue weighted by Gasteiger charge is 2.13. The van der Waals surface area contributed by atoms with E-state index in [1.54, 1.807) is 6.07 Å². The molecule has 0 bridgehead atoms. The van der Waals surface area contributed by atoms with E-state index in [1.807, 2.05) is 31.3 Å². The van der Waals surface area contributed by atoms with Crippen LogP contribution in [0, 0.1) is 0 Å². The molecule has 146 valence electrons. The highest BCUT2D eigenvalue weighted by atomic mass is 16.3. The number of benzene rings is 2. The standard InChI is InChI=1S/C20H28N4O3/c1-24(16-7-5-15(21)6-8-16)11-3-2-10-23-13-19(26)14-4-9-18(25)17(12-14)20(22)27/h4-9,12,19,23,25-26H,2-3,10-11,13,21H2,1H3,(H2,22,27).